The molecule has 0 rings (SSSR count). The maximum atomic E-state index is 6.41. The third-order valence-corrected chi connectivity index (χ3v) is 8.33. The van der Waals surface area contributed by atoms with Gasteiger partial charge in [0.05, 0.1) is 0 Å². The van der Waals surface area contributed by atoms with Gasteiger partial charge in [-0.1, -0.05) is 0 Å². The van der Waals surface area contributed by atoms with Crippen LogP contribution in [0.25, 0.3) is 0 Å². The van der Waals surface area contributed by atoms with Gasteiger partial charge in [0.25, 0.3) is 0 Å². The van der Waals surface area contributed by atoms with Crippen LogP contribution in [0.5, 0.6) is 0 Å². The molecule has 0 spiro atoms. The summed E-state index contributed by atoms with van der Waals surface area (Å²) in [5.74, 6) is 0. The molecule has 0 saturated heterocycles. The number of unbranched alkanes of at least 4 members (excludes halogenated alkanes) is 6. The average molecular weight is 278 g/mol. The Morgan fingerprint density at radius 3 is 1.50 bits per heavy atom. The van der Waals surface area contributed by atoms with E-state index in [0.717, 1.165) is 0 Å². The van der Waals surface area contributed by atoms with Crippen LogP contribution in [-0.2, 0) is 0 Å². The van der Waals surface area contributed by atoms with Gasteiger partial charge in [0.1, 0.15) is 0 Å². The van der Waals surface area contributed by atoms with E-state index < -0.39 is 13.4 Å². The van der Waals surface area contributed by atoms with Crippen molar-refractivity contribution < 1.29 is 0 Å². The maximum absolute atomic E-state index is 6.41. The second kappa shape index (κ2) is 11.9. The first-order valence-corrected chi connectivity index (χ1v) is 12.0. The van der Waals surface area contributed by atoms with Crippen molar-refractivity contribution >= 4 is 23.4 Å². The third kappa shape index (κ3) is 10.9. The number of rotatable bonds is 10. The molecule has 0 N–H and O–H groups in total. The van der Waals surface area contributed by atoms with Crippen LogP contribution in [0.4, 0.5) is 0 Å². The molecule has 0 saturated carbocycles. The van der Waals surface area contributed by atoms with Crippen LogP contribution < -0.4 is 0 Å². The predicted molar refractivity (Wildman–Crippen MR) is 69.5 cm³/mol. The standard InChI is InChI=1S/C12H26ClGe/c1-3-5-7-9-11-14(13)12-10-8-6-4-2/h3-12H2,1-2H3. The van der Waals surface area contributed by atoms with Crippen LogP contribution in [0.15, 0.2) is 0 Å². The molecule has 0 amide bonds. The fraction of sp³-hybridized carbons (Fsp3) is 1.00. The molecule has 14 heavy (non-hydrogen) atoms. The van der Waals surface area contributed by atoms with E-state index in [1.165, 1.54) is 61.9 Å². The predicted octanol–water partition coefficient (Wildman–Crippen LogP) is 5.38. The van der Waals surface area contributed by atoms with Crippen LogP contribution >= 0.6 is 10.0 Å². The van der Waals surface area contributed by atoms with Crippen molar-refractivity contribution in [2.75, 3.05) is 0 Å². The Morgan fingerprint density at radius 1 is 0.714 bits per heavy atom. The zero-order valence-electron chi connectivity index (χ0n) is 9.95. The first kappa shape index (κ1) is 14.8. The summed E-state index contributed by atoms with van der Waals surface area (Å²) >= 11 is -1.07. The minimum atomic E-state index is -1.07. The second-order valence-electron chi connectivity index (χ2n) is 4.14. The summed E-state index contributed by atoms with van der Waals surface area (Å²) in [6.07, 6.45) is 11.1. The molecule has 0 nitrogen and oxygen atoms in total. The molecule has 0 aliphatic carbocycles. The second-order valence-corrected chi connectivity index (χ2v) is 11.2. The third-order valence-electron chi connectivity index (χ3n) is 2.60. The van der Waals surface area contributed by atoms with Gasteiger partial charge in [-0.15, -0.1) is 0 Å². The molecule has 0 heterocycles. The zero-order valence-corrected chi connectivity index (χ0v) is 12.8. The fourth-order valence-corrected chi connectivity index (χ4v) is 6.18. The Labute approximate surface area is 99.1 Å². The quantitative estimate of drug-likeness (QED) is 0.372. The molecule has 2 heteroatoms. The Hall–Kier alpha value is 0.833. The van der Waals surface area contributed by atoms with Gasteiger partial charge in [0.15, 0.2) is 0 Å². The molecule has 0 aromatic carbocycles. The van der Waals surface area contributed by atoms with Crippen molar-refractivity contribution in [3.05, 3.63) is 0 Å². The Bertz CT molecular complexity index is 94.5. The SMILES string of the molecule is CCCCC[CH2][Ge]([Cl])[CH2]CCCCC. The normalized spacial score (nSPS) is 11.1. The van der Waals surface area contributed by atoms with Crippen LogP contribution in [-0.4, -0.2) is 13.4 Å². The summed E-state index contributed by atoms with van der Waals surface area (Å²) < 4.78 is 0. The first-order chi connectivity index (χ1) is 6.81. The number of hydrogen-bond acceptors (Lipinski definition) is 0. The van der Waals surface area contributed by atoms with Gasteiger partial charge in [-0.2, -0.15) is 0 Å². The monoisotopic (exact) mass is 279 g/mol. The van der Waals surface area contributed by atoms with Crippen molar-refractivity contribution in [2.45, 2.75) is 75.7 Å². The van der Waals surface area contributed by atoms with Gasteiger partial charge in [0, 0.05) is 0 Å². The van der Waals surface area contributed by atoms with Crippen molar-refractivity contribution in [1.29, 1.82) is 0 Å². The van der Waals surface area contributed by atoms with E-state index >= 15 is 0 Å². The van der Waals surface area contributed by atoms with Crippen LogP contribution in [0.1, 0.15) is 65.2 Å². The fourth-order valence-electron chi connectivity index (χ4n) is 1.61. The number of hydrogen-bond donors (Lipinski definition) is 0. The molecule has 0 aliphatic rings. The van der Waals surface area contributed by atoms with E-state index in [1.807, 2.05) is 0 Å². The van der Waals surface area contributed by atoms with Gasteiger partial charge < -0.3 is 0 Å². The molecule has 0 bridgehead atoms. The van der Waals surface area contributed by atoms with Gasteiger partial charge >= 0.3 is 99.1 Å². The van der Waals surface area contributed by atoms with E-state index in [9.17, 15) is 0 Å². The molecule has 1 radical (unpaired) electrons. The van der Waals surface area contributed by atoms with Gasteiger partial charge in [-0.25, -0.2) is 0 Å². The van der Waals surface area contributed by atoms with E-state index in [2.05, 4.69) is 13.8 Å². The summed E-state index contributed by atoms with van der Waals surface area (Å²) in [5, 5.41) is 2.79. The molecular weight excluding hydrogens is 252 g/mol. The molecule has 0 aromatic rings. The Morgan fingerprint density at radius 2 is 1.14 bits per heavy atom. The van der Waals surface area contributed by atoms with Gasteiger partial charge in [0.2, 0.25) is 0 Å². The Balaban J connectivity index is 3.07. The molecule has 85 valence electrons. The van der Waals surface area contributed by atoms with Crippen LogP contribution in [0, 0.1) is 0 Å². The topological polar surface area (TPSA) is 0 Å². The first-order valence-electron chi connectivity index (χ1n) is 6.31. The van der Waals surface area contributed by atoms with Gasteiger partial charge in [-0.3, -0.25) is 0 Å². The summed E-state index contributed by atoms with van der Waals surface area (Å²) in [4.78, 5) is 0. The van der Waals surface area contributed by atoms with Crippen molar-refractivity contribution in [3.63, 3.8) is 0 Å². The van der Waals surface area contributed by atoms with Crippen LogP contribution in [0.3, 0.4) is 0 Å². The molecule has 0 unspecified atom stereocenters. The average Bonchev–Trinajstić information content (AvgIpc) is 2.19. The molecule has 0 fully saturated rings. The molecule has 0 atom stereocenters. The van der Waals surface area contributed by atoms with Crippen molar-refractivity contribution in [1.82, 2.24) is 0 Å². The van der Waals surface area contributed by atoms with E-state index in [-0.39, 0.29) is 0 Å². The van der Waals surface area contributed by atoms with E-state index in [4.69, 9.17) is 10.0 Å². The Kier molecular flexibility index (Phi) is 12.6. The zero-order chi connectivity index (χ0) is 10.6. The van der Waals surface area contributed by atoms with Crippen molar-refractivity contribution in [3.8, 4) is 0 Å². The minimum absolute atomic E-state index is 1.07. The van der Waals surface area contributed by atoms with E-state index in [0.29, 0.717) is 0 Å². The summed E-state index contributed by atoms with van der Waals surface area (Å²) in [7, 11) is 6.41. The molecule has 0 aromatic heterocycles. The summed E-state index contributed by atoms with van der Waals surface area (Å²) in [6.45, 7) is 4.53. The summed E-state index contributed by atoms with van der Waals surface area (Å²) in [6, 6.07) is 0. The van der Waals surface area contributed by atoms with Crippen LogP contribution in [0.2, 0.25) is 10.5 Å². The summed E-state index contributed by atoms with van der Waals surface area (Å²) in [5.41, 5.74) is 0. The number of halogens is 1. The van der Waals surface area contributed by atoms with Gasteiger partial charge in [-0.05, 0) is 0 Å². The van der Waals surface area contributed by atoms with E-state index in [1.54, 1.807) is 0 Å². The van der Waals surface area contributed by atoms with Crippen molar-refractivity contribution in [2.24, 2.45) is 0 Å². The molecular formula is C12H26ClGe. The molecule has 0 aliphatic heterocycles.